The van der Waals surface area contributed by atoms with E-state index in [2.05, 4.69) is 15.6 Å². The van der Waals surface area contributed by atoms with Gasteiger partial charge in [0, 0.05) is 24.3 Å². The standard InChI is InChI=1S/C15H20N4O3S/c1-8(2)5-11(13(21)16-4)18-12(20)10-6-17-15-19(14(10)22)9(3)7-23-15/h6-8,11H,5H2,1-4H3,(H,16,21)(H,18,20). The molecule has 7 nitrogen and oxygen atoms in total. The van der Waals surface area contributed by atoms with Crippen molar-refractivity contribution in [1.82, 2.24) is 20.0 Å². The lowest BCUT2D eigenvalue weighted by Gasteiger charge is -2.18. The maximum Gasteiger partial charge on any atom is 0.271 e. The quantitative estimate of drug-likeness (QED) is 0.850. The SMILES string of the molecule is CNC(=O)C(CC(C)C)NC(=O)c1cnc2scc(C)n2c1=O. The van der Waals surface area contributed by atoms with Crippen molar-refractivity contribution in [3.05, 3.63) is 33.2 Å². The first kappa shape index (κ1) is 17.1. The largest absolute Gasteiger partial charge is 0.357 e. The molecule has 0 saturated heterocycles. The molecule has 0 radical (unpaired) electrons. The molecule has 2 amide bonds. The molecular formula is C15H20N4O3S. The average molecular weight is 336 g/mol. The summed E-state index contributed by atoms with van der Waals surface area (Å²) in [6, 6.07) is -0.684. The van der Waals surface area contributed by atoms with Crippen LogP contribution in [0.5, 0.6) is 0 Å². The first-order chi connectivity index (χ1) is 10.8. The van der Waals surface area contributed by atoms with Gasteiger partial charge in [-0.1, -0.05) is 13.8 Å². The maximum atomic E-state index is 12.5. The lowest BCUT2D eigenvalue weighted by molar-refractivity contribution is -0.122. The highest BCUT2D eigenvalue weighted by Crippen LogP contribution is 2.11. The van der Waals surface area contributed by atoms with Gasteiger partial charge in [-0.15, -0.1) is 11.3 Å². The third-order valence-electron chi connectivity index (χ3n) is 3.44. The fourth-order valence-corrected chi connectivity index (χ4v) is 3.12. The Kier molecular flexibility index (Phi) is 5.15. The van der Waals surface area contributed by atoms with Crippen molar-refractivity contribution in [2.24, 2.45) is 5.92 Å². The second kappa shape index (κ2) is 6.91. The topological polar surface area (TPSA) is 92.6 Å². The summed E-state index contributed by atoms with van der Waals surface area (Å²) in [4.78, 5) is 41.5. The van der Waals surface area contributed by atoms with Gasteiger partial charge in [0.05, 0.1) is 0 Å². The molecule has 0 saturated carbocycles. The third-order valence-corrected chi connectivity index (χ3v) is 4.39. The molecule has 0 aliphatic heterocycles. The Balaban J connectivity index is 2.32. The maximum absolute atomic E-state index is 12.5. The number of aryl methyl sites for hydroxylation is 1. The number of hydrogen-bond donors (Lipinski definition) is 2. The number of carbonyl (C=O) groups excluding carboxylic acids is 2. The number of hydrogen-bond acceptors (Lipinski definition) is 5. The summed E-state index contributed by atoms with van der Waals surface area (Å²) in [5.74, 6) is -0.650. The Morgan fingerprint density at radius 2 is 2.09 bits per heavy atom. The molecule has 0 aliphatic rings. The molecule has 2 aromatic rings. The molecule has 8 heteroatoms. The van der Waals surface area contributed by atoms with Crippen LogP contribution in [0, 0.1) is 12.8 Å². The van der Waals surface area contributed by atoms with E-state index in [1.54, 1.807) is 12.3 Å². The Morgan fingerprint density at radius 3 is 2.70 bits per heavy atom. The fraction of sp³-hybridized carbons (Fsp3) is 0.467. The highest BCUT2D eigenvalue weighted by Gasteiger charge is 2.23. The molecule has 1 atom stereocenters. The minimum atomic E-state index is -0.684. The van der Waals surface area contributed by atoms with Crippen LogP contribution in [-0.4, -0.2) is 34.3 Å². The number of amides is 2. The second-order valence-corrected chi connectivity index (χ2v) is 6.58. The van der Waals surface area contributed by atoms with Gasteiger partial charge in [0.15, 0.2) is 4.96 Å². The van der Waals surface area contributed by atoms with Crippen LogP contribution in [0.4, 0.5) is 0 Å². The molecule has 2 aromatic heterocycles. The number of nitrogens with zero attached hydrogens (tertiary/aromatic N) is 2. The molecule has 0 fully saturated rings. The summed E-state index contributed by atoms with van der Waals surface area (Å²) in [7, 11) is 1.51. The summed E-state index contributed by atoms with van der Waals surface area (Å²) in [5, 5.41) is 6.96. The van der Waals surface area contributed by atoms with Gasteiger partial charge in [0.2, 0.25) is 5.91 Å². The molecule has 124 valence electrons. The first-order valence-electron chi connectivity index (χ1n) is 7.33. The van der Waals surface area contributed by atoms with Crippen LogP contribution in [-0.2, 0) is 4.79 Å². The highest BCUT2D eigenvalue weighted by atomic mass is 32.1. The minimum absolute atomic E-state index is 0.0679. The Bertz CT molecular complexity index is 794. The molecular weight excluding hydrogens is 316 g/mol. The van der Waals surface area contributed by atoms with Crippen molar-refractivity contribution in [3.8, 4) is 0 Å². The van der Waals surface area contributed by atoms with E-state index in [1.807, 2.05) is 13.8 Å². The minimum Gasteiger partial charge on any atom is -0.357 e. The number of nitrogens with one attached hydrogen (secondary N) is 2. The Hall–Kier alpha value is -2.22. The lowest BCUT2D eigenvalue weighted by atomic mass is 10.0. The molecule has 2 heterocycles. The van der Waals surface area contributed by atoms with Crippen LogP contribution in [0.3, 0.4) is 0 Å². The van der Waals surface area contributed by atoms with Crippen molar-refractivity contribution >= 4 is 28.1 Å². The zero-order valence-corrected chi connectivity index (χ0v) is 14.4. The molecule has 0 aliphatic carbocycles. The Morgan fingerprint density at radius 1 is 1.39 bits per heavy atom. The monoisotopic (exact) mass is 336 g/mol. The number of aromatic nitrogens is 2. The van der Waals surface area contributed by atoms with Crippen LogP contribution in [0.1, 0.15) is 36.3 Å². The van der Waals surface area contributed by atoms with E-state index in [4.69, 9.17) is 0 Å². The van der Waals surface area contributed by atoms with Gasteiger partial charge >= 0.3 is 0 Å². The van der Waals surface area contributed by atoms with E-state index in [9.17, 15) is 14.4 Å². The zero-order chi connectivity index (χ0) is 17.1. The zero-order valence-electron chi connectivity index (χ0n) is 13.5. The van der Waals surface area contributed by atoms with Gasteiger partial charge < -0.3 is 10.6 Å². The van der Waals surface area contributed by atoms with Gasteiger partial charge in [0.25, 0.3) is 11.5 Å². The van der Waals surface area contributed by atoms with E-state index in [1.165, 1.54) is 29.0 Å². The van der Waals surface area contributed by atoms with Gasteiger partial charge in [-0.05, 0) is 19.3 Å². The molecule has 0 spiro atoms. The number of thiazole rings is 1. The number of fused-ring (bicyclic) bond motifs is 1. The first-order valence-corrected chi connectivity index (χ1v) is 8.21. The van der Waals surface area contributed by atoms with E-state index in [-0.39, 0.29) is 17.4 Å². The summed E-state index contributed by atoms with van der Waals surface area (Å²) in [6.45, 7) is 5.69. The summed E-state index contributed by atoms with van der Waals surface area (Å²) in [6.07, 6.45) is 1.75. The third kappa shape index (κ3) is 3.58. The van der Waals surface area contributed by atoms with Crippen LogP contribution in [0.25, 0.3) is 4.96 Å². The van der Waals surface area contributed by atoms with Crippen LogP contribution in [0.2, 0.25) is 0 Å². The van der Waals surface area contributed by atoms with E-state index in [0.717, 1.165) is 5.69 Å². The van der Waals surface area contributed by atoms with Gasteiger partial charge in [0.1, 0.15) is 11.6 Å². The van der Waals surface area contributed by atoms with E-state index < -0.39 is 17.5 Å². The van der Waals surface area contributed by atoms with Crippen LogP contribution < -0.4 is 16.2 Å². The second-order valence-electron chi connectivity index (χ2n) is 5.74. The molecule has 0 aromatic carbocycles. The van der Waals surface area contributed by atoms with Crippen molar-refractivity contribution in [1.29, 1.82) is 0 Å². The molecule has 1 unspecified atom stereocenters. The van der Waals surface area contributed by atoms with Gasteiger partial charge in [-0.2, -0.15) is 0 Å². The predicted molar refractivity (Wildman–Crippen MR) is 88.9 cm³/mol. The fourth-order valence-electron chi connectivity index (χ4n) is 2.29. The number of rotatable bonds is 5. The molecule has 2 rings (SSSR count). The molecule has 2 N–H and O–H groups in total. The lowest BCUT2D eigenvalue weighted by Crippen LogP contribution is -2.47. The van der Waals surface area contributed by atoms with Gasteiger partial charge in [-0.25, -0.2) is 4.98 Å². The Labute approximate surface area is 137 Å². The summed E-state index contributed by atoms with van der Waals surface area (Å²) in [5.41, 5.74) is 0.232. The van der Waals surface area contributed by atoms with Crippen molar-refractivity contribution in [2.45, 2.75) is 33.2 Å². The number of likely N-dealkylation sites (N-methyl/N-ethyl adjacent to an activating group) is 1. The van der Waals surface area contributed by atoms with Gasteiger partial charge in [-0.3, -0.25) is 18.8 Å². The van der Waals surface area contributed by atoms with Crippen molar-refractivity contribution < 1.29 is 9.59 Å². The predicted octanol–water partition coefficient (Wildman–Crippen LogP) is 0.955. The van der Waals surface area contributed by atoms with Crippen molar-refractivity contribution in [3.63, 3.8) is 0 Å². The van der Waals surface area contributed by atoms with Crippen LogP contribution >= 0.6 is 11.3 Å². The molecule has 0 bridgehead atoms. The summed E-state index contributed by atoms with van der Waals surface area (Å²) >= 11 is 1.34. The number of carbonyl (C=O) groups is 2. The normalized spacial score (nSPS) is 12.4. The van der Waals surface area contributed by atoms with Crippen molar-refractivity contribution in [2.75, 3.05) is 7.05 Å². The van der Waals surface area contributed by atoms with E-state index in [0.29, 0.717) is 11.4 Å². The smallest absolute Gasteiger partial charge is 0.271 e. The summed E-state index contributed by atoms with van der Waals surface area (Å²) < 4.78 is 1.40. The van der Waals surface area contributed by atoms with E-state index >= 15 is 0 Å². The van der Waals surface area contributed by atoms with Crippen LogP contribution in [0.15, 0.2) is 16.4 Å². The average Bonchev–Trinajstić information content (AvgIpc) is 2.87. The highest BCUT2D eigenvalue weighted by molar-refractivity contribution is 7.15. The molecule has 23 heavy (non-hydrogen) atoms.